The summed E-state index contributed by atoms with van der Waals surface area (Å²) in [7, 11) is 1.86. The van der Waals surface area contributed by atoms with Crippen molar-refractivity contribution in [3.63, 3.8) is 0 Å². The number of nitrogens with zero attached hydrogens (tertiary/aromatic N) is 3. The van der Waals surface area contributed by atoms with E-state index in [4.69, 9.17) is 0 Å². The van der Waals surface area contributed by atoms with E-state index in [-0.39, 0.29) is 5.91 Å². The van der Waals surface area contributed by atoms with E-state index in [0.29, 0.717) is 6.42 Å². The normalized spacial score (nSPS) is 17.9. The van der Waals surface area contributed by atoms with Crippen LogP contribution in [0.15, 0.2) is 12.3 Å². The van der Waals surface area contributed by atoms with Gasteiger partial charge in [-0.05, 0) is 12.8 Å². The van der Waals surface area contributed by atoms with Gasteiger partial charge in [0.25, 0.3) is 0 Å². The molecule has 0 aromatic carbocycles. The number of hydrogen-bond acceptors (Lipinski definition) is 2. The smallest absolute Gasteiger partial charge is 0.228 e. The lowest BCUT2D eigenvalue weighted by atomic mass is 10.1. The number of hydrogen-bond donors (Lipinski definition) is 0. The summed E-state index contributed by atoms with van der Waals surface area (Å²) in [6.45, 7) is 0.832. The van der Waals surface area contributed by atoms with Crippen LogP contribution in [0.5, 0.6) is 0 Å². The Morgan fingerprint density at radius 1 is 1.46 bits per heavy atom. The third-order valence-electron chi connectivity index (χ3n) is 2.39. The molecule has 0 radical (unpaired) electrons. The van der Waals surface area contributed by atoms with Gasteiger partial charge in [-0.1, -0.05) is 0 Å². The Kier molecular flexibility index (Phi) is 2.04. The first-order chi connectivity index (χ1) is 6.29. The Bertz CT molecular complexity index is 318. The summed E-state index contributed by atoms with van der Waals surface area (Å²) < 4.78 is 1.74. The van der Waals surface area contributed by atoms with E-state index in [1.807, 2.05) is 18.0 Å². The van der Waals surface area contributed by atoms with E-state index in [9.17, 15) is 4.79 Å². The quantitative estimate of drug-likeness (QED) is 0.643. The van der Waals surface area contributed by atoms with E-state index in [0.717, 1.165) is 25.2 Å². The second-order valence-corrected chi connectivity index (χ2v) is 3.32. The molecule has 0 atom stereocenters. The van der Waals surface area contributed by atoms with Crippen molar-refractivity contribution < 1.29 is 4.79 Å². The molecule has 1 aliphatic heterocycles. The van der Waals surface area contributed by atoms with Gasteiger partial charge >= 0.3 is 0 Å². The third kappa shape index (κ3) is 1.43. The molecule has 0 bridgehead atoms. The van der Waals surface area contributed by atoms with Crippen molar-refractivity contribution in [2.45, 2.75) is 19.3 Å². The maximum atomic E-state index is 11.5. The molecule has 4 heteroatoms. The zero-order valence-corrected chi connectivity index (χ0v) is 7.73. The summed E-state index contributed by atoms with van der Waals surface area (Å²) in [5.41, 5.74) is 0. The highest BCUT2D eigenvalue weighted by Crippen LogP contribution is 2.19. The number of rotatable bonds is 1. The van der Waals surface area contributed by atoms with Crippen molar-refractivity contribution in [2.24, 2.45) is 7.05 Å². The Labute approximate surface area is 77.1 Å². The summed E-state index contributed by atoms with van der Waals surface area (Å²) >= 11 is 0. The Hall–Kier alpha value is -1.32. The number of piperidine rings is 1. The minimum Gasteiger partial charge on any atom is -0.297 e. The third-order valence-corrected chi connectivity index (χ3v) is 2.39. The van der Waals surface area contributed by atoms with Crippen LogP contribution in [-0.4, -0.2) is 22.2 Å². The van der Waals surface area contributed by atoms with Gasteiger partial charge in [0.05, 0.1) is 6.20 Å². The fourth-order valence-corrected chi connectivity index (χ4v) is 1.68. The van der Waals surface area contributed by atoms with Gasteiger partial charge in [-0.25, -0.2) is 0 Å². The lowest BCUT2D eigenvalue weighted by molar-refractivity contribution is -0.119. The van der Waals surface area contributed by atoms with Gasteiger partial charge in [-0.2, -0.15) is 5.10 Å². The number of carbonyl (C=O) groups is 1. The van der Waals surface area contributed by atoms with Crippen molar-refractivity contribution in [3.8, 4) is 0 Å². The molecular formula is C9H13N3O. The minimum atomic E-state index is 0.217. The van der Waals surface area contributed by atoms with Crippen LogP contribution in [-0.2, 0) is 11.8 Å². The summed E-state index contributed by atoms with van der Waals surface area (Å²) in [6, 6.07) is 1.88. The SMILES string of the molecule is Cn1nccc1N1CCCCC1=O. The molecular weight excluding hydrogens is 166 g/mol. The molecule has 0 spiro atoms. The standard InChI is InChI=1S/C9H13N3O/c1-11-8(5-6-10-11)12-7-3-2-4-9(12)13/h5-6H,2-4,7H2,1H3. The first-order valence-corrected chi connectivity index (χ1v) is 4.57. The zero-order valence-electron chi connectivity index (χ0n) is 7.73. The van der Waals surface area contributed by atoms with Gasteiger partial charge in [-0.15, -0.1) is 0 Å². The summed E-state index contributed by atoms with van der Waals surface area (Å²) in [5.74, 6) is 1.12. The van der Waals surface area contributed by atoms with E-state index in [2.05, 4.69) is 5.10 Å². The van der Waals surface area contributed by atoms with Crippen LogP contribution in [0.25, 0.3) is 0 Å². The Morgan fingerprint density at radius 2 is 2.31 bits per heavy atom. The van der Waals surface area contributed by atoms with Crippen LogP contribution in [0.3, 0.4) is 0 Å². The van der Waals surface area contributed by atoms with Gasteiger partial charge in [0.15, 0.2) is 0 Å². The van der Waals surface area contributed by atoms with E-state index >= 15 is 0 Å². The van der Waals surface area contributed by atoms with Crippen LogP contribution in [0.4, 0.5) is 5.82 Å². The maximum Gasteiger partial charge on any atom is 0.228 e. The summed E-state index contributed by atoms with van der Waals surface area (Å²) in [4.78, 5) is 13.3. The molecule has 1 aromatic rings. The predicted octanol–water partition coefficient (Wildman–Crippen LogP) is 0.937. The molecule has 0 unspecified atom stereocenters. The largest absolute Gasteiger partial charge is 0.297 e. The van der Waals surface area contributed by atoms with Gasteiger partial charge in [-0.3, -0.25) is 14.4 Å². The monoisotopic (exact) mass is 179 g/mol. The second-order valence-electron chi connectivity index (χ2n) is 3.32. The fraction of sp³-hybridized carbons (Fsp3) is 0.556. The molecule has 70 valence electrons. The first-order valence-electron chi connectivity index (χ1n) is 4.57. The van der Waals surface area contributed by atoms with Crippen LogP contribution >= 0.6 is 0 Å². The van der Waals surface area contributed by atoms with Gasteiger partial charge in [0.1, 0.15) is 5.82 Å². The van der Waals surface area contributed by atoms with Crippen molar-refractivity contribution in [2.75, 3.05) is 11.4 Å². The Morgan fingerprint density at radius 3 is 2.92 bits per heavy atom. The minimum absolute atomic E-state index is 0.217. The number of aromatic nitrogens is 2. The topological polar surface area (TPSA) is 38.1 Å². The van der Waals surface area contributed by atoms with E-state index in [1.165, 1.54) is 0 Å². The van der Waals surface area contributed by atoms with E-state index < -0.39 is 0 Å². The molecule has 0 aliphatic carbocycles. The molecule has 2 heterocycles. The average molecular weight is 179 g/mol. The summed E-state index contributed by atoms with van der Waals surface area (Å²) in [5, 5.41) is 4.05. The molecule has 13 heavy (non-hydrogen) atoms. The lowest BCUT2D eigenvalue weighted by Gasteiger charge is -2.26. The molecule has 2 rings (SSSR count). The van der Waals surface area contributed by atoms with Gasteiger partial charge < -0.3 is 0 Å². The predicted molar refractivity (Wildman–Crippen MR) is 49.4 cm³/mol. The maximum absolute atomic E-state index is 11.5. The molecule has 1 aromatic heterocycles. The molecule has 1 fully saturated rings. The number of carbonyl (C=O) groups excluding carboxylic acids is 1. The van der Waals surface area contributed by atoms with Crippen LogP contribution < -0.4 is 4.90 Å². The molecule has 1 amide bonds. The fourth-order valence-electron chi connectivity index (χ4n) is 1.68. The second kappa shape index (κ2) is 3.20. The molecule has 4 nitrogen and oxygen atoms in total. The Balaban J connectivity index is 2.24. The number of amides is 1. The van der Waals surface area contributed by atoms with Crippen LogP contribution in [0, 0.1) is 0 Å². The highest BCUT2D eigenvalue weighted by atomic mass is 16.2. The molecule has 1 saturated heterocycles. The van der Waals surface area contributed by atoms with Crippen molar-refractivity contribution in [1.29, 1.82) is 0 Å². The molecule has 1 aliphatic rings. The van der Waals surface area contributed by atoms with Gasteiger partial charge in [0, 0.05) is 26.1 Å². The highest BCUT2D eigenvalue weighted by Gasteiger charge is 2.21. The first kappa shape index (κ1) is 8.29. The highest BCUT2D eigenvalue weighted by molar-refractivity contribution is 5.93. The zero-order chi connectivity index (χ0) is 9.26. The van der Waals surface area contributed by atoms with Gasteiger partial charge in [0.2, 0.25) is 5.91 Å². The van der Waals surface area contributed by atoms with E-state index in [1.54, 1.807) is 10.9 Å². The summed E-state index contributed by atoms with van der Waals surface area (Å²) in [6.07, 6.45) is 4.51. The van der Waals surface area contributed by atoms with Crippen LogP contribution in [0.2, 0.25) is 0 Å². The van der Waals surface area contributed by atoms with Crippen molar-refractivity contribution in [3.05, 3.63) is 12.3 Å². The van der Waals surface area contributed by atoms with Crippen molar-refractivity contribution in [1.82, 2.24) is 9.78 Å². The van der Waals surface area contributed by atoms with Crippen LogP contribution in [0.1, 0.15) is 19.3 Å². The van der Waals surface area contributed by atoms with Crippen molar-refractivity contribution >= 4 is 11.7 Å². The average Bonchev–Trinajstić information content (AvgIpc) is 2.52. The number of anilines is 1. The molecule has 0 N–H and O–H groups in total. The number of aryl methyl sites for hydroxylation is 1. The lowest BCUT2D eigenvalue weighted by Crippen LogP contribution is -2.36. The molecule has 0 saturated carbocycles.